The number of carboxylic acids is 1. The molecule has 1 amide bonds. The van der Waals surface area contributed by atoms with Gasteiger partial charge in [0.05, 0.1) is 5.56 Å². The third kappa shape index (κ3) is 4.44. The standard InChI is InChI=1S/C13H16ClNO3S/c1-3-15(8-12(16)17)13(18)10-7-9(14)5-6-11(10)19-4-2/h5-7H,3-4,8H2,1-2H3,(H,16,17). The lowest BCUT2D eigenvalue weighted by Gasteiger charge is -2.20. The van der Waals surface area contributed by atoms with Gasteiger partial charge in [0.25, 0.3) is 5.91 Å². The Kier molecular flexibility index (Phi) is 6.18. The molecule has 1 N–H and O–H groups in total. The van der Waals surface area contributed by atoms with Crippen LogP contribution in [0.2, 0.25) is 5.02 Å². The highest BCUT2D eigenvalue weighted by Gasteiger charge is 2.20. The number of nitrogens with zero attached hydrogens (tertiary/aromatic N) is 1. The Morgan fingerprint density at radius 1 is 1.37 bits per heavy atom. The second-order valence-electron chi connectivity index (χ2n) is 3.79. The van der Waals surface area contributed by atoms with Gasteiger partial charge in [0.1, 0.15) is 6.54 Å². The van der Waals surface area contributed by atoms with Gasteiger partial charge in [-0.15, -0.1) is 11.8 Å². The number of hydrogen-bond donors (Lipinski definition) is 1. The monoisotopic (exact) mass is 301 g/mol. The van der Waals surface area contributed by atoms with Crippen molar-refractivity contribution >= 4 is 35.2 Å². The summed E-state index contributed by atoms with van der Waals surface area (Å²) in [5, 5.41) is 9.28. The molecule has 1 aromatic carbocycles. The Morgan fingerprint density at radius 3 is 2.58 bits per heavy atom. The molecule has 0 atom stereocenters. The zero-order valence-corrected chi connectivity index (χ0v) is 12.4. The molecule has 1 rings (SSSR count). The molecule has 0 radical (unpaired) electrons. The highest BCUT2D eigenvalue weighted by Crippen LogP contribution is 2.26. The fourth-order valence-electron chi connectivity index (χ4n) is 1.61. The number of halogens is 1. The highest BCUT2D eigenvalue weighted by molar-refractivity contribution is 7.99. The molecule has 0 saturated heterocycles. The second kappa shape index (κ2) is 7.40. The Morgan fingerprint density at radius 2 is 2.05 bits per heavy atom. The molecule has 0 saturated carbocycles. The van der Waals surface area contributed by atoms with Crippen LogP contribution in [0.1, 0.15) is 24.2 Å². The van der Waals surface area contributed by atoms with Crippen LogP contribution in [-0.2, 0) is 4.79 Å². The van der Waals surface area contributed by atoms with E-state index in [0.717, 1.165) is 10.6 Å². The molecule has 0 heterocycles. The van der Waals surface area contributed by atoms with Gasteiger partial charge < -0.3 is 10.0 Å². The molecule has 0 aromatic heterocycles. The SMILES string of the molecule is CCSc1ccc(Cl)cc1C(=O)N(CC)CC(=O)O. The van der Waals surface area contributed by atoms with Crippen LogP contribution in [0.5, 0.6) is 0 Å². The van der Waals surface area contributed by atoms with E-state index in [4.69, 9.17) is 16.7 Å². The van der Waals surface area contributed by atoms with Crippen molar-refractivity contribution in [1.82, 2.24) is 4.90 Å². The maximum Gasteiger partial charge on any atom is 0.323 e. The summed E-state index contributed by atoms with van der Waals surface area (Å²) in [6, 6.07) is 5.11. The molecule has 0 fully saturated rings. The zero-order chi connectivity index (χ0) is 14.4. The molecule has 0 bridgehead atoms. The van der Waals surface area contributed by atoms with Gasteiger partial charge >= 0.3 is 5.97 Å². The first kappa shape index (κ1) is 15.9. The summed E-state index contributed by atoms with van der Waals surface area (Å²) < 4.78 is 0. The summed E-state index contributed by atoms with van der Waals surface area (Å²) in [5.41, 5.74) is 0.461. The van der Waals surface area contributed by atoms with Crippen LogP contribution in [0.3, 0.4) is 0 Å². The van der Waals surface area contributed by atoms with Gasteiger partial charge in [-0.2, -0.15) is 0 Å². The smallest absolute Gasteiger partial charge is 0.323 e. The largest absolute Gasteiger partial charge is 0.480 e. The number of carbonyl (C=O) groups excluding carboxylic acids is 1. The molecule has 0 aliphatic rings. The number of hydrogen-bond acceptors (Lipinski definition) is 3. The summed E-state index contributed by atoms with van der Waals surface area (Å²) in [5.74, 6) is -0.502. The minimum atomic E-state index is -1.03. The molecular weight excluding hydrogens is 286 g/mol. The first-order valence-electron chi connectivity index (χ1n) is 5.93. The summed E-state index contributed by atoms with van der Waals surface area (Å²) >= 11 is 7.45. The van der Waals surface area contributed by atoms with Crippen molar-refractivity contribution in [3.05, 3.63) is 28.8 Å². The van der Waals surface area contributed by atoms with Crippen molar-refractivity contribution in [3.8, 4) is 0 Å². The molecule has 0 aliphatic carbocycles. The molecule has 0 spiro atoms. The summed E-state index contributed by atoms with van der Waals surface area (Å²) in [6.45, 7) is 3.77. The van der Waals surface area contributed by atoms with Crippen LogP contribution >= 0.6 is 23.4 Å². The average molecular weight is 302 g/mol. The van der Waals surface area contributed by atoms with Gasteiger partial charge in [-0.05, 0) is 30.9 Å². The minimum Gasteiger partial charge on any atom is -0.480 e. The second-order valence-corrected chi connectivity index (χ2v) is 5.53. The van der Waals surface area contributed by atoms with Crippen molar-refractivity contribution in [3.63, 3.8) is 0 Å². The van der Waals surface area contributed by atoms with Gasteiger partial charge in [0.2, 0.25) is 0 Å². The number of likely N-dealkylation sites (N-methyl/N-ethyl adjacent to an activating group) is 1. The highest BCUT2D eigenvalue weighted by atomic mass is 35.5. The van der Waals surface area contributed by atoms with Crippen LogP contribution < -0.4 is 0 Å². The Hall–Kier alpha value is -1.20. The van der Waals surface area contributed by atoms with Crippen molar-refractivity contribution in [1.29, 1.82) is 0 Å². The number of carbonyl (C=O) groups is 2. The van der Waals surface area contributed by atoms with Crippen molar-refractivity contribution in [2.24, 2.45) is 0 Å². The van der Waals surface area contributed by atoms with Crippen LogP contribution in [-0.4, -0.2) is 40.7 Å². The van der Waals surface area contributed by atoms with Crippen molar-refractivity contribution in [2.75, 3.05) is 18.8 Å². The molecular formula is C13H16ClNO3S. The van der Waals surface area contributed by atoms with Gasteiger partial charge in [-0.25, -0.2) is 0 Å². The fourth-order valence-corrected chi connectivity index (χ4v) is 2.56. The first-order valence-corrected chi connectivity index (χ1v) is 7.29. The van der Waals surface area contributed by atoms with E-state index < -0.39 is 5.97 Å². The van der Waals surface area contributed by atoms with Crippen LogP contribution in [0.25, 0.3) is 0 Å². The van der Waals surface area contributed by atoms with Crippen LogP contribution in [0.15, 0.2) is 23.1 Å². The lowest BCUT2D eigenvalue weighted by molar-refractivity contribution is -0.137. The number of thioether (sulfide) groups is 1. The predicted molar refractivity (Wildman–Crippen MR) is 77.1 cm³/mol. The van der Waals surface area contributed by atoms with E-state index in [0.29, 0.717) is 17.1 Å². The number of amides is 1. The van der Waals surface area contributed by atoms with Gasteiger partial charge in [0.15, 0.2) is 0 Å². The Balaban J connectivity index is 3.08. The van der Waals surface area contributed by atoms with Crippen LogP contribution in [0, 0.1) is 0 Å². The fraction of sp³-hybridized carbons (Fsp3) is 0.385. The molecule has 6 heteroatoms. The molecule has 4 nitrogen and oxygen atoms in total. The third-order valence-corrected chi connectivity index (χ3v) is 3.66. The van der Waals surface area contributed by atoms with Gasteiger partial charge in [0, 0.05) is 16.5 Å². The van der Waals surface area contributed by atoms with Crippen molar-refractivity contribution in [2.45, 2.75) is 18.7 Å². The minimum absolute atomic E-state index is 0.302. The molecule has 0 unspecified atom stereocenters. The van der Waals surface area contributed by atoms with E-state index in [1.807, 2.05) is 6.92 Å². The van der Waals surface area contributed by atoms with E-state index in [9.17, 15) is 9.59 Å². The molecule has 1 aromatic rings. The van der Waals surface area contributed by atoms with E-state index in [1.54, 1.807) is 25.1 Å². The lowest BCUT2D eigenvalue weighted by atomic mass is 10.2. The first-order chi connectivity index (χ1) is 8.99. The predicted octanol–water partition coefficient (Wildman–Crippen LogP) is 3.00. The van der Waals surface area contributed by atoms with Gasteiger partial charge in [-0.3, -0.25) is 9.59 Å². The normalized spacial score (nSPS) is 10.3. The summed E-state index contributed by atoms with van der Waals surface area (Å²) in [7, 11) is 0. The lowest BCUT2D eigenvalue weighted by Crippen LogP contribution is -2.35. The Labute approximate surface area is 121 Å². The van der Waals surface area contributed by atoms with E-state index in [2.05, 4.69) is 0 Å². The maximum atomic E-state index is 12.3. The molecule has 104 valence electrons. The molecule has 19 heavy (non-hydrogen) atoms. The van der Waals surface area contributed by atoms with E-state index >= 15 is 0 Å². The number of benzene rings is 1. The maximum absolute atomic E-state index is 12.3. The summed E-state index contributed by atoms with van der Waals surface area (Å²) in [4.78, 5) is 25.2. The topological polar surface area (TPSA) is 57.6 Å². The quantitative estimate of drug-likeness (QED) is 0.821. The van der Waals surface area contributed by atoms with E-state index in [-0.39, 0.29) is 12.5 Å². The number of rotatable bonds is 6. The third-order valence-electron chi connectivity index (χ3n) is 2.47. The van der Waals surface area contributed by atoms with Gasteiger partial charge in [-0.1, -0.05) is 18.5 Å². The molecule has 0 aliphatic heterocycles. The zero-order valence-electron chi connectivity index (χ0n) is 10.9. The summed E-state index contributed by atoms with van der Waals surface area (Å²) in [6.07, 6.45) is 0. The number of carboxylic acid groups (broad SMARTS) is 1. The Bertz CT molecular complexity index is 479. The van der Waals surface area contributed by atoms with Crippen LogP contribution in [0.4, 0.5) is 0 Å². The average Bonchev–Trinajstić information content (AvgIpc) is 2.37. The van der Waals surface area contributed by atoms with Crippen molar-refractivity contribution < 1.29 is 14.7 Å². The van der Waals surface area contributed by atoms with E-state index in [1.165, 1.54) is 16.7 Å². The number of aliphatic carboxylic acids is 1.